The van der Waals surface area contributed by atoms with Gasteiger partial charge in [-0.2, -0.15) is 0 Å². The molecule has 0 aliphatic heterocycles. The van der Waals surface area contributed by atoms with Crippen LogP contribution in [-0.4, -0.2) is 17.1 Å². The fraction of sp³-hybridized carbons (Fsp3) is 0.200. The summed E-state index contributed by atoms with van der Waals surface area (Å²) in [5, 5.41) is 3.32. The van der Waals surface area contributed by atoms with Crippen molar-refractivity contribution in [1.82, 2.24) is 4.98 Å². The number of nitrogens with one attached hydrogen (secondary N) is 1. The van der Waals surface area contributed by atoms with Gasteiger partial charge in [0.2, 0.25) is 0 Å². The molecule has 1 aromatic heterocycles. The van der Waals surface area contributed by atoms with E-state index in [0.29, 0.717) is 4.99 Å². The Morgan fingerprint density at radius 2 is 2.00 bits per heavy atom. The molecular formula is C15H17N3OS. The molecule has 4 nitrogen and oxygen atoms in total. The maximum atomic E-state index is 5.62. The Balaban J connectivity index is 2.12. The summed E-state index contributed by atoms with van der Waals surface area (Å²) < 4.78 is 5.15. The molecule has 1 atom stereocenters. The number of thiocarbonyl (C=S) groups is 1. The van der Waals surface area contributed by atoms with Crippen molar-refractivity contribution >= 4 is 23.0 Å². The first kappa shape index (κ1) is 14.3. The van der Waals surface area contributed by atoms with Crippen molar-refractivity contribution in [2.75, 3.05) is 12.4 Å². The van der Waals surface area contributed by atoms with E-state index in [0.717, 1.165) is 22.7 Å². The van der Waals surface area contributed by atoms with Crippen molar-refractivity contribution in [3.63, 3.8) is 0 Å². The summed E-state index contributed by atoms with van der Waals surface area (Å²) >= 11 is 4.96. The maximum Gasteiger partial charge on any atom is 0.127 e. The quantitative estimate of drug-likeness (QED) is 0.828. The van der Waals surface area contributed by atoms with Crippen LogP contribution >= 0.6 is 12.2 Å². The van der Waals surface area contributed by atoms with Gasteiger partial charge in [0.1, 0.15) is 16.6 Å². The molecule has 1 unspecified atom stereocenters. The van der Waals surface area contributed by atoms with Crippen LogP contribution in [0, 0.1) is 0 Å². The number of anilines is 1. The lowest BCUT2D eigenvalue weighted by Gasteiger charge is -2.15. The second-order valence-electron chi connectivity index (χ2n) is 4.43. The van der Waals surface area contributed by atoms with Gasteiger partial charge < -0.3 is 15.8 Å². The van der Waals surface area contributed by atoms with Gasteiger partial charge in [-0.3, -0.25) is 0 Å². The zero-order chi connectivity index (χ0) is 14.5. The summed E-state index contributed by atoms with van der Waals surface area (Å²) in [5.74, 6) is 1.59. The normalized spacial score (nSPS) is 11.7. The van der Waals surface area contributed by atoms with E-state index in [9.17, 15) is 0 Å². The highest BCUT2D eigenvalue weighted by molar-refractivity contribution is 7.80. The number of ether oxygens (including phenoxy) is 1. The van der Waals surface area contributed by atoms with Crippen molar-refractivity contribution in [2.45, 2.75) is 13.0 Å². The Kier molecular flexibility index (Phi) is 4.53. The molecule has 0 bridgehead atoms. The van der Waals surface area contributed by atoms with Gasteiger partial charge in [0, 0.05) is 17.8 Å². The first-order valence-electron chi connectivity index (χ1n) is 6.26. The van der Waals surface area contributed by atoms with Crippen molar-refractivity contribution in [3.05, 3.63) is 53.7 Å². The summed E-state index contributed by atoms with van der Waals surface area (Å²) in [6.07, 6.45) is 1.69. The number of nitrogens with two attached hydrogens (primary N) is 1. The number of aromatic nitrogens is 1. The van der Waals surface area contributed by atoms with Crippen LogP contribution in [0.5, 0.6) is 5.75 Å². The highest BCUT2D eigenvalue weighted by Crippen LogP contribution is 2.21. The molecule has 20 heavy (non-hydrogen) atoms. The van der Waals surface area contributed by atoms with Gasteiger partial charge in [0.05, 0.1) is 7.11 Å². The van der Waals surface area contributed by atoms with Crippen molar-refractivity contribution in [1.29, 1.82) is 0 Å². The van der Waals surface area contributed by atoms with Gasteiger partial charge in [0.25, 0.3) is 0 Å². The monoisotopic (exact) mass is 287 g/mol. The van der Waals surface area contributed by atoms with Gasteiger partial charge in [-0.15, -0.1) is 0 Å². The molecule has 0 aliphatic rings. The molecule has 0 fully saturated rings. The highest BCUT2D eigenvalue weighted by atomic mass is 32.1. The minimum absolute atomic E-state index is 0.120. The second-order valence-corrected chi connectivity index (χ2v) is 4.87. The van der Waals surface area contributed by atoms with Crippen LogP contribution in [0.2, 0.25) is 0 Å². The van der Waals surface area contributed by atoms with Crippen LogP contribution in [-0.2, 0) is 0 Å². The molecule has 0 radical (unpaired) electrons. The predicted molar refractivity (Wildman–Crippen MR) is 85.2 cm³/mol. The standard InChI is InChI=1S/C15H17N3OS/c1-10(11-3-5-13(19-2)6-4-11)18-14-9-12(15(16)20)7-8-17-14/h3-10H,1-2H3,(H2,16,20)(H,17,18). The molecular weight excluding hydrogens is 270 g/mol. The van der Waals surface area contributed by atoms with E-state index in [1.54, 1.807) is 19.4 Å². The van der Waals surface area contributed by atoms with Crippen LogP contribution in [0.15, 0.2) is 42.6 Å². The minimum Gasteiger partial charge on any atom is -0.497 e. The third kappa shape index (κ3) is 3.45. The molecule has 5 heteroatoms. The molecule has 3 N–H and O–H groups in total. The zero-order valence-corrected chi connectivity index (χ0v) is 12.3. The van der Waals surface area contributed by atoms with E-state index in [-0.39, 0.29) is 6.04 Å². The molecule has 2 rings (SSSR count). The number of pyridine rings is 1. The van der Waals surface area contributed by atoms with Gasteiger partial charge >= 0.3 is 0 Å². The average Bonchev–Trinajstić information content (AvgIpc) is 2.47. The van der Waals surface area contributed by atoms with Gasteiger partial charge in [-0.25, -0.2) is 4.98 Å². The zero-order valence-electron chi connectivity index (χ0n) is 11.5. The summed E-state index contributed by atoms with van der Waals surface area (Å²) in [7, 11) is 1.65. The Bertz CT molecular complexity index is 598. The largest absolute Gasteiger partial charge is 0.497 e. The molecule has 1 aromatic carbocycles. The highest BCUT2D eigenvalue weighted by Gasteiger charge is 2.07. The molecule has 0 saturated carbocycles. The number of nitrogens with zero attached hydrogens (tertiary/aromatic N) is 1. The fourth-order valence-electron chi connectivity index (χ4n) is 1.86. The van der Waals surface area contributed by atoms with E-state index in [2.05, 4.69) is 17.2 Å². The first-order chi connectivity index (χ1) is 9.60. The molecule has 0 saturated heterocycles. The van der Waals surface area contributed by atoms with Crippen molar-refractivity contribution in [3.8, 4) is 5.75 Å². The SMILES string of the molecule is COc1ccc(C(C)Nc2cc(C(N)=S)ccn2)cc1. The van der Waals surface area contributed by atoms with Crippen LogP contribution in [0.1, 0.15) is 24.1 Å². The van der Waals surface area contributed by atoms with Gasteiger partial charge in [-0.05, 0) is 36.8 Å². The summed E-state index contributed by atoms with van der Waals surface area (Å²) in [6, 6.07) is 11.7. The summed E-state index contributed by atoms with van der Waals surface area (Å²) in [6.45, 7) is 2.07. The number of rotatable bonds is 5. The van der Waals surface area contributed by atoms with E-state index in [4.69, 9.17) is 22.7 Å². The van der Waals surface area contributed by atoms with Crippen LogP contribution in [0.3, 0.4) is 0 Å². The third-order valence-electron chi connectivity index (χ3n) is 3.02. The molecule has 1 heterocycles. The lowest BCUT2D eigenvalue weighted by molar-refractivity contribution is 0.414. The van der Waals surface area contributed by atoms with Crippen molar-refractivity contribution in [2.24, 2.45) is 5.73 Å². The molecule has 2 aromatic rings. The topological polar surface area (TPSA) is 60.2 Å². The average molecular weight is 287 g/mol. The molecule has 104 valence electrons. The summed E-state index contributed by atoms with van der Waals surface area (Å²) in [5.41, 5.74) is 7.57. The third-order valence-corrected chi connectivity index (χ3v) is 3.26. The Hall–Kier alpha value is -2.14. The van der Waals surface area contributed by atoms with E-state index in [1.807, 2.05) is 30.3 Å². The van der Waals surface area contributed by atoms with E-state index < -0.39 is 0 Å². The second kappa shape index (κ2) is 6.34. The number of hydrogen-bond donors (Lipinski definition) is 2. The van der Waals surface area contributed by atoms with Crippen LogP contribution in [0.4, 0.5) is 5.82 Å². The molecule has 0 aliphatic carbocycles. The minimum atomic E-state index is 0.120. The summed E-state index contributed by atoms with van der Waals surface area (Å²) in [4.78, 5) is 4.64. The number of methoxy groups -OCH3 is 1. The molecule has 0 amide bonds. The maximum absolute atomic E-state index is 5.62. The van der Waals surface area contributed by atoms with E-state index >= 15 is 0 Å². The lowest BCUT2D eigenvalue weighted by atomic mass is 10.1. The van der Waals surface area contributed by atoms with E-state index in [1.165, 1.54) is 0 Å². The van der Waals surface area contributed by atoms with Crippen LogP contribution in [0.25, 0.3) is 0 Å². The Morgan fingerprint density at radius 1 is 1.30 bits per heavy atom. The first-order valence-corrected chi connectivity index (χ1v) is 6.67. The Labute approximate surface area is 124 Å². The fourth-order valence-corrected chi connectivity index (χ4v) is 1.99. The Morgan fingerprint density at radius 3 is 2.60 bits per heavy atom. The van der Waals surface area contributed by atoms with Gasteiger partial charge in [-0.1, -0.05) is 24.4 Å². The predicted octanol–water partition coefficient (Wildman–Crippen LogP) is 2.90. The number of hydrogen-bond acceptors (Lipinski definition) is 4. The smallest absolute Gasteiger partial charge is 0.127 e. The molecule has 0 spiro atoms. The van der Waals surface area contributed by atoms with Gasteiger partial charge in [0.15, 0.2) is 0 Å². The lowest BCUT2D eigenvalue weighted by Crippen LogP contribution is -2.12. The van der Waals surface area contributed by atoms with Crippen molar-refractivity contribution < 1.29 is 4.74 Å². The van der Waals surface area contributed by atoms with Crippen LogP contribution < -0.4 is 15.8 Å². The number of benzene rings is 1.